The van der Waals surface area contributed by atoms with Crippen LogP contribution in [0.2, 0.25) is 0 Å². The van der Waals surface area contributed by atoms with Gasteiger partial charge in [0.2, 0.25) is 0 Å². The molecule has 0 saturated heterocycles. The Kier molecular flexibility index (Phi) is 3.35. The van der Waals surface area contributed by atoms with Crippen LogP contribution in [0.4, 0.5) is 0 Å². The van der Waals surface area contributed by atoms with E-state index in [1.54, 1.807) is 0 Å². The van der Waals surface area contributed by atoms with Crippen molar-refractivity contribution >= 4 is 17.2 Å². The largest absolute Gasteiger partial charge is 0.357 e. The fourth-order valence-corrected chi connectivity index (χ4v) is 4.51. The average molecular weight is 328 g/mol. The number of rotatable bonds is 3. The van der Waals surface area contributed by atoms with Gasteiger partial charge >= 0.3 is 0 Å². The van der Waals surface area contributed by atoms with Gasteiger partial charge in [-0.3, -0.25) is 9.69 Å². The topological polar surface area (TPSA) is 36.1 Å². The highest BCUT2D eigenvalue weighted by molar-refractivity contribution is 5.86. The SMILES string of the molecule is O=CC1=CC[C@@H]2c3[nH]c4ccccc4c3C[C@H]1N2Cc1ccccc1. The van der Waals surface area contributed by atoms with Crippen LogP contribution in [0.1, 0.15) is 29.3 Å². The Labute approximate surface area is 147 Å². The van der Waals surface area contributed by atoms with Gasteiger partial charge in [0.1, 0.15) is 6.29 Å². The van der Waals surface area contributed by atoms with E-state index in [0.29, 0.717) is 6.04 Å². The van der Waals surface area contributed by atoms with E-state index in [0.717, 1.165) is 31.2 Å². The van der Waals surface area contributed by atoms with Crippen molar-refractivity contribution in [2.24, 2.45) is 0 Å². The number of fused-ring (bicyclic) bond motifs is 6. The predicted molar refractivity (Wildman–Crippen MR) is 99.3 cm³/mol. The first-order chi connectivity index (χ1) is 12.3. The molecule has 5 rings (SSSR count). The predicted octanol–water partition coefficient (Wildman–Crippen LogP) is 4.16. The number of aromatic amines is 1. The number of aldehydes is 1. The molecule has 0 amide bonds. The van der Waals surface area contributed by atoms with Gasteiger partial charge in [-0.2, -0.15) is 0 Å². The number of nitrogens with one attached hydrogen (secondary N) is 1. The van der Waals surface area contributed by atoms with Crippen molar-refractivity contribution in [3.63, 3.8) is 0 Å². The number of carbonyl (C=O) groups is 1. The summed E-state index contributed by atoms with van der Waals surface area (Å²) >= 11 is 0. The number of hydrogen-bond acceptors (Lipinski definition) is 2. The van der Waals surface area contributed by atoms with Crippen molar-refractivity contribution < 1.29 is 4.79 Å². The van der Waals surface area contributed by atoms with E-state index in [-0.39, 0.29) is 6.04 Å². The molecule has 3 nitrogen and oxygen atoms in total. The molecule has 3 heterocycles. The zero-order valence-corrected chi connectivity index (χ0v) is 14.0. The van der Waals surface area contributed by atoms with Crippen LogP contribution in [-0.4, -0.2) is 22.2 Å². The highest BCUT2D eigenvalue weighted by Gasteiger charge is 2.40. The fraction of sp³-hybridized carbons (Fsp3) is 0.227. The second kappa shape index (κ2) is 5.71. The number of H-pyrrole nitrogens is 1. The lowest BCUT2D eigenvalue weighted by Crippen LogP contribution is -2.46. The summed E-state index contributed by atoms with van der Waals surface area (Å²) in [5.41, 5.74) is 6.15. The van der Waals surface area contributed by atoms with E-state index in [1.807, 2.05) is 6.07 Å². The van der Waals surface area contributed by atoms with Gasteiger partial charge in [0.15, 0.2) is 0 Å². The molecule has 25 heavy (non-hydrogen) atoms. The smallest absolute Gasteiger partial charge is 0.147 e. The first-order valence-electron chi connectivity index (χ1n) is 8.89. The highest BCUT2D eigenvalue weighted by Crippen LogP contribution is 2.44. The van der Waals surface area contributed by atoms with Crippen LogP contribution in [0.3, 0.4) is 0 Å². The van der Waals surface area contributed by atoms with Crippen molar-refractivity contribution in [2.45, 2.75) is 31.5 Å². The third-order valence-corrected chi connectivity index (χ3v) is 5.68. The summed E-state index contributed by atoms with van der Waals surface area (Å²) in [5.74, 6) is 0. The number of benzene rings is 2. The van der Waals surface area contributed by atoms with Gasteiger partial charge in [0.05, 0.1) is 6.04 Å². The van der Waals surface area contributed by atoms with E-state index in [2.05, 4.69) is 64.5 Å². The second-order valence-electron chi connectivity index (χ2n) is 7.01. The molecule has 0 saturated carbocycles. The molecule has 124 valence electrons. The van der Waals surface area contributed by atoms with Gasteiger partial charge in [0.25, 0.3) is 0 Å². The Hall–Kier alpha value is -2.65. The van der Waals surface area contributed by atoms with Gasteiger partial charge in [-0.05, 0) is 30.0 Å². The summed E-state index contributed by atoms with van der Waals surface area (Å²) in [6.07, 6.45) is 4.97. The Bertz CT molecular complexity index is 970. The van der Waals surface area contributed by atoms with Gasteiger partial charge in [-0.15, -0.1) is 0 Å². The summed E-state index contributed by atoms with van der Waals surface area (Å²) in [6.45, 7) is 0.871. The number of carbonyl (C=O) groups excluding carboxylic acids is 1. The molecule has 2 aliphatic heterocycles. The third kappa shape index (κ3) is 2.27. The van der Waals surface area contributed by atoms with Gasteiger partial charge in [-0.25, -0.2) is 0 Å². The first-order valence-corrected chi connectivity index (χ1v) is 8.89. The van der Waals surface area contributed by atoms with Crippen LogP contribution in [0, 0.1) is 0 Å². The maximum absolute atomic E-state index is 11.7. The van der Waals surface area contributed by atoms with E-state index in [1.165, 1.54) is 27.7 Å². The molecule has 2 aromatic carbocycles. The van der Waals surface area contributed by atoms with Crippen molar-refractivity contribution in [3.05, 3.63) is 83.1 Å². The summed E-state index contributed by atoms with van der Waals surface area (Å²) in [7, 11) is 0. The maximum atomic E-state index is 11.7. The molecule has 2 atom stereocenters. The molecule has 3 heteroatoms. The normalized spacial score (nSPS) is 22.5. The van der Waals surface area contributed by atoms with Crippen LogP contribution < -0.4 is 0 Å². The van der Waals surface area contributed by atoms with E-state index < -0.39 is 0 Å². The van der Waals surface area contributed by atoms with Crippen LogP contribution >= 0.6 is 0 Å². The van der Waals surface area contributed by atoms with Crippen molar-refractivity contribution in [1.29, 1.82) is 0 Å². The standard InChI is InChI=1S/C22H20N2O/c25-14-16-10-11-20-22-18(17-8-4-5-9-19(17)23-22)12-21(16)24(20)13-15-6-2-1-3-7-15/h1-10,14,20-21,23H,11-13H2/t20-,21-/m1/s1. The zero-order valence-electron chi connectivity index (χ0n) is 14.0. The fourth-order valence-electron chi connectivity index (χ4n) is 4.51. The number of para-hydroxylation sites is 1. The van der Waals surface area contributed by atoms with Crippen molar-refractivity contribution in [2.75, 3.05) is 0 Å². The summed E-state index contributed by atoms with van der Waals surface area (Å²) in [5, 5.41) is 1.30. The van der Waals surface area contributed by atoms with E-state index in [4.69, 9.17) is 0 Å². The Morgan fingerprint density at radius 2 is 1.84 bits per heavy atom. The minimum atomic E-state index is 0.170. The summed E-state index contributed by atoms with van der Waals surface area (Å²) in [4.78, 5) is 17.8. The van der Waals surface area contributed by atoms with Gasteiger partial charge in [-0.1, -0.05) is 54.6 Å². The molecule has 1 N–H and O–H groups in total. The van der Waals surface area contributed by atoms with Gasteiger partial charge in [0, 0.05) is 34.8 Å². The minimum Gasteiger partial charge on any atom is -0.357 e. The Morgan fingerprint density at radius 1 is 1.04 bits per heavy atom. The second-order valence-corrected chi connectivity index (χ2v) is 7.01. The monoisotopic (exact) mass is 328 g/mol. The van der Waals surface area contributed by atoms with Crippen LogP contribution in [0.25, 0.3) is 10.9 Å². The Morgan fingerprint density at radius 3 is 2.68 bits per heavy atom. The first kappa shape index (κ1) is 14.7. The molecule has 0 unspecified atom stereocenters. The molecular weight excluding hydrogens is 308 g/mol. The van der Waals surface area contributed by atoms with Crippen LogP contribution in [-0.2, 0) is 17.8 Å². The Balaban J connectivity index is 1.62. The summed E-state index contributed by atoms with van der Waals surface area (Å²) < 4.78 is 0. The molecule has 2 aliphatic rings. The highest BCUT2D eigenvalue weighted by atomic mass is 16.1. The zero-order chi connectivity index (χ0) is 16.8. The lowest BCUT2D eigenvalue weighted by molar-refractivity contribution is -0.106. The van der Waals surface area contributed by atoms with Crippen LogP contribution in [0.5, 0.6) is 0 Å². The lowest BCUT2D eigenvalue weighted by Gasteiger charge is -2.45. The molecule has 0 fully saturated rings. The third-order valence-electron chi connectivity index (χ3n) is 5.68. The quantitative estimate of drug-likeness (QED) is 0.733. The minimum absolute atomic E-state index is 0.170. The van der Waals surface area contributed by atoms with Gasteiger partial charge < -0.3 is 4.98 Å². The van der Waals surface area contributed by atoms with Crippen molar-refractivity contribution in [3.8, 4) is 0 Å². The van der Waals surface area contributed by atoms with Crippen molar-refractivity contribution in [1.82, 2.24) is 9.88 Å². The molecule has 1 aromatic heterocycles. The molecule has 3 aromatic rings. The number of hydrogen-bond donors (Lipinski definition) is 1. The lowest BCUT2D eigenvalue weighted by atomic mass is 9.82. The van der Waals surface area contributed by atoms with E-state index >= 15 is 0 Å². The average Bonchev–Trinajstić information content (AvgIpc) is 3.01. The number of aromatic nitrogens is 1. The number of nitrogens with zero attached hydrogens (tertiary/aromatic N) is 1. The molecule has 0 spiro atoms. The molecular formula is C22H20N2O. The molecule has 0 radical (unpaired) electrons. The maximum Gasteiger partial charge on any atom is 0.147 e. The molecule has 2 bridgehead atoms. The summed E-state index contributed by atoms with van der Waals surface area (Å²) in [6, 6.07) is 19.5. The molecule has 0 aliphatic carbocycles. The van der Waals surface area contributed by atoms with E-state index in [9.17, 15) is 4.79 Å². The van der Waals surface area contributed by atoms with Crippen LogP contribution in [0.15, 0.2) is 66.2 Å².